The van der Waals surface area contributed by atoms with E-state index in [4.69, 9.17) is 0 Å². The first-order chi connectivity index (χ1) is 7.56. The molecule has 1 N–H and O–H groups in total. The molecule has 2 nitrogen and oxygen atoms in total. The lowest BCUT2D eigenvalue weighted by Gasteiger charge is -2.16. The minimum atomic E-state index is -1.19. The summed E-state index contributed by atoms with van der Waals surface area (Å²) in [6.45, 7) is 3.61. The SMILES string of the molecule is Cc1ccc(C(C)(O)C#C/C=C\C=O)cc1. The predicted molar refractivity (Wildman–Crippen MR) is 63.7 cm³/mol. The molecule has 1 unspecified atom stereocenters. The number of allylic oxidation sites excluding steroid dienone is 2. The average molecular weight is 214 g/mol. The van der Waals surface area contributed by atoms with Gasteiger partial charge in [-0.05, 0) is 31.6 Å². The first kappa shape index (κ1) is 12.2. The molecule has 0 fully saturated rings. The van der Waals surface area contributed by atoms with Gasteiger partial charge in [-0.3, -0.25) is 4.79 Å². The van der Waals surface area contributed by atoms with Crippen molar-refractivity contribution in [2.45, 2.75) is 19.4 Å². The fourth-order valence-corrected chi connectivity index (χ4v) is 1.22. The quantitative estimate of drug-likeness (QED) is 0.464. The highest BCUT2D eigenvalue weighted by Crippen LogP contribution is 2.19. The van der Waals surface area contributed by atoms with E-state index in [-0.39, 0.29) is 0 Å². The van der Waals surface area contributed by atoms with Crippen LogP contribution in [0.5, 0.6) is 0 Å². The van der Waals surface area contributed by atoms with Crippen molar-refractivity contribution in [3.63, 3.8) is 0 Å². The van der Waals surface area contributed by atoms with Crippen molar-refractivity contribution in [3.05, 3.63) is 47.5 Å². The molecule has 1 rings (SSSR count). The predicted octanol–water partition coefficient (Wildman–Crippen LogP) is 1.96. The van der Waals surface area contributed by atoms with Crippen LogP contribution < -0.4 is 0 Å². The van der Waals surface area contributed by atoms with Crippen LogP contribution in [0.3, 0.4) is 0 Å². The number of aliphatic hydroxyl groups is 1. The molecule has 0 saturated carbocycles. The summed E-state index contributed by atoms with van der Waals surface area (Å²) >= 11 is 0. The topological polar surface area (TPSA) is 37.3 Å². The molecule has 0 aliphatic heterocycles. The van der Waals surface area contributed by atoms with Gasteiger partial charge in [-0.25, -0.2) is 0 Å². The number of carbonyl (C=O) groups excluding carboxylic acids is 1. The van der Waals surface area contributed by atoms with Gasteiger partial charge in [0.2, 0.25) is 0 Å². The Bertz CT molecular complexity index is 442. The monoisotopic (exact) mass is 214 g/mol. The average Bonchev–Trinajstić information content (AvgIpc) is 2.25. The zero-order chi connectivity index (χ0) is 12.0. The summed E-state index contributed by atoms with van der Waals surface area (Å²) in [5, 5.41) is 10.1. The van der Waals surface area contributed by atoms with Crippen LogP contribution in [0.25, 0.3) is 0 Å². The summed E-state index contributed by atoms with van der Waals surface area (Å²) in [7, 11) is 0. The summed E-state index contributed by atoms with van der Waals surface area (Å²) in [5.41, 5.74) is 0.680. The first-order valence-electron chi connectivity index (χ1n) is 4.99. The first-order valence-corrected chi connectivity index (χ1v) is 4.99. The highest BCUT2D eigenvalue weighted by atomic mass is 16.3. The van der Waals surface area contributed by atoms with E-state index >= 15 is 0 Å². The van der Waals surface area contributed by atoms with Crippen LogP contribution in [-0.4, -0.2) is 11.4 Å². The Hall–Kier alpha value is -1.85. The molecule has 82 valence electrons. The van der Waals surface area contributed by atoms with Crippen LogP contribution >= 0.6 is 0 Å². The smallest absolute Gasteiger partial charge is 0.148 e. The molecule has 1 atom stereocenters. The van der Waals surface area contributed by atoms with Crippen molar-refractivity contribution >= 4 is 6.29 Å². The van der Waals surface area contributed by atoms with E-state index < -0.39 is 5.60 Å². The second kappa shape index (κ2) is 5.29. The van der Waals surface area contributed by atoms with Gasteiger partial charge in [-0.2, -0.15) is 0 Å². The van der Waals surface area contributed by atoms with E-state index in [0.717, 1.165) is 11.1 Å². The summed E-state index contributed by atoms with van der Waals surface area (Å²) in [4.78, 5) is 10.0. The largest absolute Gasteiger partial charge is 0.374 e. The molecule has 0 aromatic heterocycles. The standard InChI is InChI=1S/C14H14O2/c1-12-6-8-13(9-7-12)14(2,16)10-4-3-5-11-15/h3,5-9,11,16H,1-2H3/b5-3-. The van der Waals surface area contributed by atoms with E-state index in [9.17, 15) is 9.90 Å². The van der Waals surface area contributed by atoms with Gasteiger partial charge in [-0.15, -0.1) is 0 Å². The third-order valence-corrected chi connectivity index (χ3v) is 2.19. The van der Waals surface area contributed by atoms with Gasteiger partial charge < -0.3 is 5.11 Å². The van der Waals surface area contributed by atoms with Crippen molar-refractivity contribution in [2.75, 3.05) is 0 Å². The second-order valence-electron chi connectivity index (χ2n) is 3.70. The molecule has 0 aliphatic carbocycles. The van der Waals surface area contributed by atoms with E-state index in [1.807, 2.05) is 31.2 Å². The number of hydrogen-bond donors (Lipinski definition) is 1. The van der Waals surface area contributed by atoms with Crippen molar-refractivity contribution in [1.29, 1.82) is 0 Å². The fourth-order valence-electron chi connectivity index (χ4n) is 1.22. The van der Waals surface area contributed by atoms with E-state index in [2.05, 4.69) is 11.8 Å². The number of benzene rings is 1. The van der Waals surface area contributed by atoms with Crippen LogP contribution in [0, 0.1) is 18.8 Å². The second-order valence-corrected chi connectivity index (χ2v) is 3.70. The zero-order valence-electron chi connectivity index (χ0n) is 9.40. The Balaban J connectivity index is 2.91. The lowest BCUT2D eigenvalue weighted by Crippen LogP contribution is -2.18. The minimum Gasteiger partial charge on any atom is -0.374 e. The van der Waals surface area contributed by atoms with Crippen molar-refractivity contribution in [1.82, 2.24) is 0 Å². The molecule has 0 aliphatic rings. The van der Waals surface area contributed by atoms with Crippen LogP contribution in [0.15, 0.2) is 36.4 Å². The Morgan fingerprint density at radius 1 is 1.31 bits per heavy atom. The Morgan fingerprint density at radius 2 is 1.94 bits per heavy atom. The van der Waals surface area contributed by atoms with Gasteiger partial charge in [-0.1, -0.05) is 41.7 Å². The van der Waals surface area contributed by atoms with E-state index in [0.29, 0.717) is 6.29 Å². The molecule has 0 radical (unpaired) electrons. The lowest BCUT2D eigenvalue weighted by atomic mass is 9.96. The molecule has 1 aromatic rings. The van der Waals surface area contributed by atoms with Crippen LogP contribution in [-0.2, 0) is 10.4 Å². The third-order valence-electron chi connectivity index (χ3n) is 2.19. The zero-order valence-corrected chi connectivity index (χ0v) is 9.40. The van der Waals surface area contributed by atoms with Gasteiger partial charge >= 0.3 is 0 Å². The molecular formula is C14H14O2. The fraction of sp³-hybridized carbons (Fsp3) is 0.214. The van der Waals surface area contributed by atoms with Crippen molar-refractivity contribution in [2.24, 2.45) is 0 Å². The van der Waals surface area contributed by atoms with Crippen molar-refractivity contribution < 1.29 is 9.90 Å². The maximum absolute atomic E-state index is 10.1. The number of aryl methyl sites for hydroxylation is 1. The van der Waals surface area contributed by atoms with Crippen LogP contribution in [0.2, 0.25) is 0 Å². The number of rotatable bonds is 2. The Labute approximate surface area is 95.6 Å². The maximum atomic E-state index is 10.1. The van der Waals surface area contributed by atoms with E-state index in [1.165, 1.54) is 12.2 Å². The molecule has 0 bridgehead atoms. The number of aldehydes is 1. The van der Waals surface area contributed by atoms with Gasteiger partial charge in [0, 0.05) is 0 Å². The summed E-state index contributed by atoms with van der Waals surface area (Å²) in [6.07, 6.45) is 3.35. The van der Waals surface area contributed by atoms with Crippen LogP contribution in [0.1, 0.15) is 18.1 Å². The van der Waals surface area contributed by atoms with Crippen molar-refractivity contribution in [3.8, 4) is 11.8 Å². The lowest BCUT2D eigenvalue weighted by molar-refractivity contribution is -0.104. The summed E-state index contributed by atoms with van der Waals surface area (Å²) in [6, 6.07) is 7.53. The Morgan fingerprint density at radius 3 is 2.50 bits per heavy atom. The molecule has 0 saturated heterocycles. The summed E-state index contributed by atoms with van der Waals surface area (Å²) in [5.74, 6) is 5.32. The highest BCUT2D eigenvalue weighted by molar-refractivity contribution is 5.65. The van der Waals surface area contributed by atoms with E-state index in [1.54, 1.807) is 6.92 Å². The summed E-state index contributed by atoms with van der Waals surface area (Å²) < 4.78 is 0. The Kier molecular flexibility index (Phi) is 4.04. The molecule has 0 amide bonds. The highest BCUT2D eigenvalue weighted by Gasteiger charge is 2.18. The maximum Gasteiger partial charge on any atom is 0.148 e. The van der Waals surface area contributed by atoms with Crippen LogP contribution in [0.4, 0.5) is 0 Å². The molecular weight excluding hydrogens is 200 g/mol. The molecule has 2 heteroatoms. The third kappa shape index (κ3) is 3.38. The van der Waals surface area contributed by atoms with Gasteiger partial charge in [0.1, 0.15) is 11.9 Å². The molecule has 0 heterocycles. The minimum absolute atomic E-state index is 0.648. The number of carbonyl (C=O) groups is 1. The van der Waals surface area contributed by atoms with Gasteiger partial charge in [0.25, 0.3) is 0 Å². The normalized spacial score (nSPS) is 13.9. The molecule has 0 spiro atoms. The van der Waals surface area contributed by atoms with Gasteiger partial charge in [0.05, 0.1) is 0 Å². The molecule has 16 heavy (non-hydrogen) atoms. The molecule has 1 aromatic carbocycles. The van der Waals surface area contributed by atoms with Gasteiger partial charge in [0.15, 0.2) is 0 Å². The number of hydrogen-bond acceptors (Lipinski definition) is 2.